The molecule has 0 saturated carbocycles. The highest BCUT2D eigenvalue weighted by Crippen LogP contribution is 2.27. The van der Waals surface area contributed by atoms with Crippen LogP contribution in [0.15, 0.2) is 36.4 Å². The molecule has 0 unspecified atom stereocenters. The maximum absolute atomic E-state index is 12.1. The predicted molar refractivity (Wildman–Crippen MR) is 103 cm³/mol. The number of ether oxygens (including phenoxy) is 1. The lowest BCUT2D eigenvalue weighted by atomic mass is 10.0. The van der Waals surface area contributed by atoms with Gasteiger partial charge in [0.2, 0.25) is 11.8 Å². The van der Waals surface area contributed by atoms with Gasteiger partial charge in [0.15, 0.2) is 0 Å². The Kier molecular flexibility index (Phi) is 5.78. The van der Waals surface area contributed by atoms with Gasteiger partial charge in [-0.1, -0.05) is 17.7 Å². The van der Waals surface area contributed by atoms with Crippen LogP contribution < -0.4 is 15.4 Å². The van der Waals surface area contributed by atoms with Crippen molar-refractivity contribution >= 4 is 34.8 Å². The predicted octanol–water partition coefficient (Wildman–Crippen LogP) is 4.33. The zero-order valence-electron chi connectivity index (χ0n) is 14.6. The summed E-state index contributed by atoms with van der Waals surface area (Å²) in [6, 6.07) is 11.1. The third kappa shape index (κ3) is 4.76. The van der Waals surface area contributed by atoms with Crippen LogP contribution in [0.3, 0.4) is 0 Å². The number of anilines is 2. The Morgan fingerprint density at radius 2 is 2.08 bits per heavy atom. The average Bonchev–Trinajstić information content (AvgIpc) is 2.62. The van der Waals surface area contributed by atoms with Crippen molar-refractivity contribution in [2.24, 2.45) is 0 Å². The van der Waals surface area contributed by atoms with E-state index in [-0.39, 0.29) is 11.8 Å². The van der Waals surface area contributed by atoms with Gasteiger partial charge in [-0.25, -0.2) is 0 Å². The van der Waals surface area contributed by atoms with Crippen molar-refractivity contribution in [1.29, 1.82) is 0 Å². The minimum absolute atomic E-state index is 0.0483. The lowest BCUT2D eigenvalue weighted by Gasteiger charge is -2.17. The number of carbonyl (C=O) groups excluding carboxylic acids is 2. The van der Waals surface area contributed by atoms with E-state index >= 15 is 0 Å². The van der Waals surface area contributed by atoms with Gasteiger partial charge in [-0.2, -0.15) is 0 Å². The molecule has 2 aromatic carbocycles. The lowest BCUT2D eigenvalue weighted by Crippen LogP contribution is -2.18. The van der Waals surface area contributed by atoms with Crippen molar-refractivity contribution in [2.75, 3.05) is 17.2 Å². The van der Waals surface area contributed by atoms with E-state index in [0.717, 1.165) is 34.7 Å². The highest BCUT2D eigenvalue weighted by molar-refractivity contribution is 6.31. The molecule has 0 bridgehead atoms. The molecule has 0 atom stereocenters. The third-order valence-electron chi connectivity index (χ3n) is 4.26. The standard InChI is InChI=1S/C20H21ClN2O3/c1-13-4-6-15(21)12-18(13)23-19(24)3-2-10-26-16-7-8-17-14(11-16)5-9-20(25)22-17/h4,6-8,11-12H,2-3,5,9-10H2,1H3,(H,22,25)(H,23,24). The molecular weight excluding hydrogens is 352 g/mol. The second-order valence-electron chi connectivity index (χ2n) is 6.33. The number of carbonyl (C=O) groups is 2. The molecule has 1 aliphatic rings. The van der Waals surface area contributed by atoms with Crippen molar-refractivity contribution in [3.05, 3.63) is 52.5 Å². The topological polar surface area (TPSA) is 67.4 Å². The molecule has 0 saturated heterocycles. The Labute approximate surface area is 157 Å². The molecule has 5 nitrogen and oxygen atoms in total. The van der Waals surface area contributed by atoms with Gasteiger partial charge in [0, 0.05) is 29.2 Å². The van der Waals surface area contributed by atoms with Crippen LogP contribution in [-0.4, -0.2) is 18.4 Å². The van der Waals surface area contributed by atoms with E-state index in [1.54, 1.807) is 12.1 Å². The summed E-state index contributed by atoms with van der Waals surface area (Å²) in [5.41, 5.74) is 3.64. The number of fused-ring (bicyclic) bond motifs is 1. The molecule has 3 rings (SSSR count). The Bertz CT molecular complexity index is 836. The molecule has 0 radical (unpaired) electrons. The summed E-state index contributed by atoms with van der Waals surface area (Å²) in [5, 5.41) is 6.31. The van der Waals surface area contributed by atoms with Gasteiger partial charge in [-0.3, -0.25) is 9.59 Å². The first-order valence-corrected chi connectivity index (χ1v) is 9.00. The van der Waals surface area contributed by atoms with Crippen LogP contribution in [0.4, 0.5) is 11.4 Å². The highest BCUT2D eigenvalue weighted by atomic mass is 35.5. The highest BCUT2D eigenvalue weighted by Gasteiger charge is 2.15. The van der Waals surface area contributed by atoms with Gasteiger partial charge in [-0.15, -0.1) is 0 Å². The number of aryl methyl sites for hydroxylation is 2. The zero-order chi connectivity index (χ0) is 18.5. The molecule has 2 amide bonds. The van der Waals surface area contributed by atoms with E-state index < -0.39 is 0 Å². The summed E-state index contributed by atoms with van der Waals surface area (Å²) < 4.78 is 5.73. The van der Waals surface area contributed by atoms with Gasteiger partial charge in [0.1, 0.15) is 5.75 Å². The SMILES string of the molecule is Cc1ccc(Cl)cc1NC(=O)CCCOc1ccc2c(c1)CCC(=O)N2. The molecule has 0 aliphatic carbocycles. The summed E-state index contributed by atoms with van der Waals surface area (Å²) >= 11 is 5.96. The number of amides is 2. The maximum atomic E-state index is 12.1. The fourth-order valence-corrected chi connectivity index (χ4v) is 2.99. The van der Waals surface area contributed by atoms with E-state index in [0.29, 0.717) is 30.9 Å². The van der Waals surface area contributed by atoms with Crippen molar-refractivity contribution in [3.63, 3.8) is 0 Å². The van der Waals surface area contributed by atoms with E-state index in [4.69, 9.17) is 16.3 Å². The van der Waals surface area contributed by atoms with Crippen LogP contribution in [0.25, 0.3) is 0 Å². The smallest absolute Gasteiger partial charge is 0.224 e. The van der Waals surface area contributed by atoms with Gasteiger partial charge in [-0.05, 0) is 61.2 Å². The number of rotatable bonds is 6. The number of hydrogen-bond acceptors (Lipinski definition) is 3. The molecule has 6 heteroatoms. The van der Waals surface area contributed by atoms with Gasteiger partial charge in [0.25, 0.3) is 0 Å². The molecule has 0 spiro atoms. The van der Waals surface area contributed by atoms with E-state index in [1.165, 1.54) is 0 Å². The first-order valence-electron chi connectivity index (χ1n) is 8.63. The lowest BCUT2D eigenvalue weighted by molar-refractivity contribution is -0.117. The molecule has 2 N–H and O–H groups in total. The molecule has 1 aliphatic heterocycles. The summed E-state index contributed by atoms with van der Waals surface area (Å²) in [6.07, 6.45) is 2.20. The summed E-state index contributed by atoms with van der Waals surface area (Å²) in [7, 11) is 0. The molecule has 26 heavy (non-hydrogen) atoms. The van der Waals surface area contributed by atoms with Crippen LogP contribution in [0.1, 0.15) is 30.4 Å². The number of hydrogen-bond donors (Lipinski definition) is 2. The van der Waals surface area contributed by atoms with Crippen molar-refractivity contribution in [2.45, 2.75) is 32.6 Å². The van der Waals surface area contributed by atoms with Gasteiger partial charge >= 0.3 is 0 Å². The quantitative estimate of drug-likeness (QED) is 0.741. The average molecular weight is 373 g/mol. The van der Waals surface area contributed by atoms with Crippen LogP contribution in [-0.2, 0) is 16.0 Å². The number of nitrogens with one attached hydrogen (secondary N) is 2. The van der Waals surface area contributed by atoms with Crippen molar-refractivity contribution in [3.8, 4) is 5.75 Å². The largest absolute Gasteiger partial charge is 0.494 e. The first kappa shape index (κ1) is 18.3. The van der Waals surface area contributed by atoms with Gasteiger partial charge < -0.3 is 15.4 Å². The second kappa shape index (κ2) is 8.23. The summed E-state index contributed by atoms with van der Waals surface area (Å²) in [4.78, 5) is 23.4. The van der Waals surface area contributed by atoms with Gasteiger partial charge in [0.05, 0.1) is 6.61 Å². The molecule has 0 aromatic heterocycles. The maximum Gasteiger partial charge on any atom is 0.224 e. The van der Waals surface area contributed by atoms with Crippen LogP contribution in [0, 0.1) is 6.92 Å². The number of halogens is 1. The molecule has 1 heterocycles. The van der Waals surface area contributed by atoms with Crippen LogP contribution in [0.5, 0.6) is 5.75 Å². The minimum atomic E-state index is -0.0629. The number of benzene rings is 2. The molecule has 136 valence electrons. The molecule has 2 aromatic rings. The monoisotopic (exact) mass is 372 g/mol. The van der Waals surface area contributed by atoms with E-state index in [2.05, 4.69) is 10.6 Å². The fraction of sp³-hybridized carbons (Fsp3) is 0.300. The minimum Gasteiger partial charge on any atom is -0.494 e. The van der Waals surface area contributed by atoms with E-state index in [9.17, 15) is 9.59 Å². The summed E-state index contributed by atoms with van der Waals surface area (Å²) in [5.74, 6) is 0.741. The molecular formula is C20H21ClN2O3. The second-order valence-corrected chi connectivity index (χ2v) is 6.76. The van der Waals surface area contributed by atoms with Crippen LogP contribution >= 0.6 is 11.6 Å². The Hall–Kier alpha value is -2.53. The first-order chi connectivity index (χ1) is 12.5. The fourth-order valence-electron chi connectivity index (χ4n) is 2.81. The van der Waals surface area contributed by atoms with Crippen LogP contribution in [0.2, 0.25) is 5.02 Å². The molecule has 0 fully saturated rings. The Morgan fingerprint density at radius 3 is 2.92 bits per heavy atom. The zero-order valence-corrected chi connectivity index (χ0v) is 15.4. The van der Waals surface area contributed by atoms with E-state index in [1.807, 2.05) is 31.2 Å². The third-order valence-corrected chi connectivity index (χ3v) is 4.50. The summed E-state index contributed by atoms with van der Waals surface area (Å²) in [6.45, 7) is 2.38. The van der Waals surface area contributed by atoms with Crippen molar-refractivity contribution < 1.29 is 14.3 Å². The normalized spacial score (nSPS) is 12.9. The Morgan fingerprint density at radius 1 is 1.23 bits per heavy atom. The van der Waals surface area contributed by atoms with Crippen molar-refractivity contribution in [1.82, 2.24) is 0 Å². The Balaban J connectivity index is 1.44.